The molecule has 1 heterocycles. The highest BCUT2D eigenvalue weighted by molar-refractivity contribution is 8.00. The van der Waals surface area contributed by atoms with Crippen LogP contribution < -0.4 is 0 Å². The largest absolute Gasteiger partial charge is 0.481 e. The fourth-order valence-electron chi connectivity index (χ4n) is 2.73. The number of aliphatic carboxylic acids is 1. The maximum absolute atomic E-state index is 12.0. The Kier molecular flexibility index (Phi) is 10.5. The molecule has 2 unspecified atom stereocenters. The minimum atomic E-state index is -1.13. The molecule has 0 aliphatic carbocycles. The van der Waals surface area contributed by atoms with Gasteiger partial charge in [0.1, 0.15) is 6.42 Å². The maximum atomic E-state index is 12.0. The highest BCUT2D eigenvalue weighted by atomic mass is 32.2. The Morgan fingerprint density at radius 3 is 2.80 bits per heavy atom. The van der Waals surface area contributed by atoms with Gasteiger partial charge in [-0.05, 0) is 31.8 Å². The first-order valence-corrected chi connectivity index (χ1v) is 9.99. The first-order chi connectivity index (χ1) is 11.9. The Bertz CT molecular complexity index is 480. The van der Waals surface area contributed by atoms with Gasteiger partial charge in [-0.2, -0.15) is 0 Å². The van der Waals surface area contributed by atoms with E-state index in [2.05, 4.69) is 6.92 Å². The van der Waals surface area contributed by atoms with E-state index < -0.39 is 18.2 Å². The van der Waals surface area contributed by atoms with Gasteiger partial charge < -0.3 is 15.1 Å². The lowest BCUT2D eigenvalue weighted by atomic mass is 10.1. The normalized spacial score (nSPS) is 18.9. The van der Waals surface area contributed by atoms with Crippen molar-refractivity contribution < 1.29 is 24.6 Å². The van der Waals surface area contributed by atoms with Crippen LogP contribution in [0.3, 0.4) is 0 Å². The molecule has 2 atom stereocenters. The summed E-state index contributed by atoms with van der Waals surface area (Å²) in [7, 11) is 0. The summed E-state index contributed by atoms with van der Waals surface area (Å²) in [5, 5.41) is 18.6. The molecule has 0 aromatic heterocycles. The topological polar surface area (TPSA) is 94.9 Å². The van der Waals surface area contributed by atoms with Crippen LogP contribution in [0.25, 0.3) is 0 Å². The SMILES string of the molecule is CCCCCC(O)CCN1C(=O)CSC1CCC=CC(=O)CC(=O)O. The van der Waals surface area contributed by atoms with Gasteiger partial charge in [0.05, 0.1) is 17.2 Å². The van der Waals surface area contributed by atoms with E-state index in [4.69, 9.17) is 5.11 Å². The molecule has 0 aromatic rings. The number of carbonyl (C=O) groups excluding carboxylic acids is 2. The average Bonchev–Trinajstić information content (AvgIpc) is 2.89. The lowest BCUT2D eigenvalue weighted by Crippen LogP contribution is -2.35. The van der Waals surface area contributed by atoms with E-state index in [0.717, 1.165) is 32.1 Å². The van der Waals surface area contributed by atoms with E-state index in [1.165, 1.54) is 6.08 Å². The van der Waals surface area contributed by atoms with Crippen LogP contribution in [0, 0.1) is 0 Å². The Morgan fingerprint density at radius 1 is 1.36 bits per heavy atom. The highest BCUT2D eigenvalue weighted by Crippen LogP contribution is 2.29. The molecule has 1 aliphatic heterocycles. The number of carboxylic acid groups (broad SMARTS) is 1. The molecule has 0 spiro atoms. The van der Waals surface area contributed by atoms with Crippen molar-refractivity contribution in [3.05, 3.63) is 12.2 Å². The van der Waals surface area contributed by atoms with Crippen LogP contribution in [0.4, 0.5) is 0 Å². The molecular weight excluding hydrogens is 342 g/mol. The zero-order chi connectivity index (χ0) is 18.7. The van der Waals surface area contributed by atoms with E-state index in [1.807, 2.05) is 4.90 Å². The molecule has 2 N–H and O–H groups in total. The summed E-state index contributed by atoms with van der Waals surface area (Å²) in [5.74, 6) is -0.996. The van der Waals surface area contributed by atoms with E-state index in [9.17, 15) is 19.5 Å². The van der Waals surface area contributed by atoms with Gasteiger partial charge in [0.2, 0.25) is 5.91 Å². The fraction of sp³-hybridized carbons (Fsp3) is 0.722. The van der Waals surface area contributed by atoms with Crippen molar-refractivity contribution in [1.82, 2.24) is 4.90 Å². The van der Waals surface area contributed by atoms with Crippen LogP contribution in [0.5, 0.6) is 0 Å². The van der Waals surface area contributed by atoms with Crippen molar-refractivity contribution in [1.29, 1.82) is 0 Å². The Balaban J connectivity index is 2.33. The third-order valence-electron chi connectivity index (χ3n) is 4.12. The highest BCUT2D eigenvalue weighted by Gasteiger charge is 2.30. The second-order valence-corrected chi connectivity index (χ2v) is 7.47. The number of thioether (sulfide) groups is 1. The van der Waals surface area contributed by atoms with Crippen LogP contribution >= 0.6 is 11.8 Å². The summed E-state index contributed by atoms with van der Waals surface area (Å²) in [4.78, 5) is 35.5. The predicted octanol–water partition coefficient (Wildman–Crippen LogP) is 2.60. The minimum absolute atomic E-state index is 0.0644. The molecule has 7 heteroatoms. The number of rotatable bonds is 13. The van der Waals surface area contributed by atoms with Crippen molar-refractivity contribution in [3.8, 4) is 0 Å². The van der Waals surface area contributed by atoms with Gasteiger partial charge >= 0.3 is 5.97 Å². The zero-order valence-electron chi connectivity index (χ0n) is 14.9. The number of hydrogen-bond acceptors (Lipinski definition) is 5. The first-order valence-electron chi connectivity index (χ1n) is 8.94. The summed E-state index contributed by atoms with van der Waals surface area (Å²) < 4.78 is 0. The van der Waals surface area contributed by atoms with Crippen molar-refractivity contribution in [2.45, 2.75) is 69.8 Å². The monoisotopic (exact) mass is 371 g/mol. The number of aliphatic hydroxyl groups is 1. The third kappa shape index (κ3) is 9.07. The molecule has 1 saturated heterocycles. The molecule has 0 radical (unpaired) electrons. The maximum Gasteiger partial charge on any atom is 0.311 e. The van der Waals surface area contributed by atoms with Gasteiger partial charge in [-0.3, -0.25) is 14.4 Å². The number of amides is 1. The van der Waals surface area contributed by atoms with Crippen LogP contribution in [0.15, 0.2) is 12.2 Å². The second kappa shape index (κ2) is 12.1. The van der Waals surface area contributed by atoms with Crippen LogP contribution in [0.2, 0.25) is 0 Å². The number of ketones is 1. The number of unbranched alkanes of at least 4 members (excludes halogenated alkanes) is 2. The Morgan fingerprint density at radius 2 is 2.12 bits per heavy atom. The zero-order valence-corrected chi connectivity index (χ0v) is 15.7. The molecule has 1 rings (SSSR count). The van der Waals surface area contributed by atoms with Gasteiger partial charge in [-0.1, -0.05) is 32.3 Å². The number of hydrogen-bond donors (Lipinski definition) is 2. The van der Waals surface area contributed by atoms with E-state index >= 15 is 0 Å². The Hall–Kier alpha value is -1.34. The summed E-state index contributed by atoms with van der Waals surface area (Å²) in [5.41, 5.74) is 0. The molecule has 25 heavy (non-hydrogen) atoms. The molecule has 1 amide bonds. The fourth-order valence-corrected chi connectivity index (χ4v) is 3.94. The van der Waals surface area contributed by atoms with Gasteiger partial charge in [-0.25, -0.2) is 0 Å². The molecule has 1 fully saturated rings. The third-order valence-corrected chi connectivity index (χ3v) is 5.41. The number of allylic oxidation sites excluding steroid dienone is 2. The molecule has 1 aliphatic rings. The van der Waals surface area contributed by atoms with Gasteiger partial charge in [0.25, 0.3) is 0 Å². The Labute approximate surface area is 153 Å². The van der Waals surface area contributed by atoms with Crippen molar-refractivity contribution in [2.24, 2.45) is 0 Å². The first kappa shape index (κ1) is 21.7. The molecule has 0 bridgehead atoms. The average molecular weight is 371 g/mol. The lowest BCUT2D eigenvalue weighted by Gasteiger charge is -2.24. The van der Waals surface area contributed by atoms with Crippen molar-refractivity contribution in [3.63, 3.8) is 0 Å². The standard InChI is InChI=1S/C18H29NO5S/c1-2-3-4-7-14(20)10-11-19-16(22)13-25-17(19)9-6-5-8-15(21)12-18(23)24/h5,8,14,17,20H,2-4,6-7,9-13H2,1H3,(H,23,24). The summed E-state index contributed by atoms with van der Waals surface area (Å²) in [6.07, 6.45) is 8.09. The lowest BCUT2D eigenvalue weighted by molar-refractivity contribution is -0.139. The van der Waals surface area contributed by atoms with Gasteiger partial charge in [0.15, 0.2) is 5.78 Å². The van der Waals surface area contributed by atoms with Crippen molar-refractivity contribution >= 4 is 29.4 Å². The molecule has 0 saturated carbocycles. The molecule has 6 nitrogen and oxygen atoms in total. The smallest absolute Gasteiger partial charge is 0.311 e. The molecule has 142 valence electrons. The number of nitrogens with zero attached hydrogens (tertiary/aromatic N) is 1. The summed E-state index contributed by atoms with van der Waals surface area (Å²) in [6.45, 7) is 2.69. The van der Waals surface area contributed by atoms with Gasteiger partial charge in [-0.15, -0.1) is 11.8 Å². The van der Waals surface area contributed by atoms with E-state index in [-0.39, 0.29) is 17.4 Å². The van der Waals surface area contributed by atoms with Crippen molar-refractivity contribution in [2.75, 3.05) is 12.3 Å². The minimum Gasteiger partial charge on any atom is -0.481 e. The predicted molar refractivity (Wildman–Crippen MR) is 98.4 cm³/mol. The molecule has 0 aromatic carbocycles. The number of carbonyl (C=O) groups is 3. The number of aliphatic hydroxyl groups excluding tert-OH is 1. The van der Waals surface area contributed by atoms with Crippen LogP contribution in [0.1, 0.15) is 58.3 Å². The number of carboxylic acids is 1. The van der Waals surface area contributed by atoms with E-state index in [0.29, 0.717) is 25.1 Å². The molecular formula is C18H29NO5S. The summed E-state index contributed by atoms with van der Waals surface area (Å²) in [6, 6.07) is 0. The quantitative estimate of drug-likeness (QED) is 0.294. The van der Waals surface area contributed by atoms with Crippen LogP contribution in [-0.2, 0) is 14.4 Å². The second-order valence-electron chi connectivity index (χ2n) is 6.31. The van der Waals surface area contributed by atoms with Gasteiger partial charge in [0, 0.05) is 6.54 Å². The van der Waals surface area contributed by atoms with Crippen LogP contribution in [-0.4, -0.2) is 56.5 Å². The van der Waals surface area contributed by atoms with E-state index in [1.54, 1.807) is 17.8 Å². The summed E-state index contributed by atoms with van der Waals surface area (Å²) >= 11 is 1.58.